The summed E-state index contributed by atoms with van der Waals surface area (Å²) in [6, 6.07) is 21.2. The van der Waals surface area contributed by atoms with Gasteiger partial charge in [-0.1, -0.05) is 58.4 Å². The van der Waals surface area contributed by atoms with Crippen LogP contribution in [-0.4, -0.2) is 20.3 Å². The molecule has 160 valence electrons. The molecule has 0 N–H and O–H groups in total. The molecule has 0 bridgehead atoms. The van der Waals surface area contributed by atoms with Crippen molar-refractivity contribution in [2.45, 2.75) is 25.5 Å². The molecule has 1 unspecified atom stereocenters. The van der Waals surface area contributed by atoms with Gasteiger partial charge in [-0.25, -0.2) is 4.79 Å². The minimum atomic E-state index is -0.404. The average Bonchev–Trinajstić information content (AvgIpc) is 2.81. The third-order valence-corrected chi connectivity index (χ3v) is 5.92. The fraction of sp³-hybridized carbons (Fsp3) is 0.240. The van der Waals surface area contributed by atoms with Crippen molar-refractivity contribution >= 4 is 27.7 Å². The molecule has 1 aliphatic rings. The molecule has 0 saturated heterocycles. The number of aryl methyl sites for hydroxylation is 1. The summed E-state index contributed by atoms with van der Waals surface area (Å²) in [4.78, 5) is 15.2. The summed E-state index contributed by atoms with van der Waals surface area (Å²) in [5, 5.41) is 0. The molecule has 1 heterocycles. The standard InChI is InChI=1S/C25H24BrNO4/c1-29-21-10-6-9-18(14-21)22-12-11-19-13-20(26)15-23(30-2)24(19)27(22)25(28)31-16-17-7-4-3-5-8-17/h3-10,13-15,22H,11-12,16H2,1-2H3. The van der Waals surface area contributed by atoms with E-state index >= 15 is 0 Å². The van der Waals surface area contributed by atoms with E-state index in [4.69, 9.17) is 14.2 Å². The van der Waals surface area contributed by atoms with Crippen LogP contribution in [0.15, 0.2) is 71.2 Å². The number of benzene rings is 3. The highest BCUT2D eigenvalue weighted by molar-refractivity contribution is 9.10. The van der Waals surface area contributed by atoms with Crippen molar-refractivity contribution in [1.82, 2.24) is 0 Å². The molecule has 3 aromatic rings. The van der Waals surface area contributed by atoms with Crippen LogP contribution in [-0.2, 0) is 17.8 Å². The topological polar surface area (TPSA) is 48.0 Å². The summed E-state index contributed by atoms with van der Waals surface area (Å²) < 4.78 is 17.7. The van der Waals surface area contributed by atoms with Crippen molar-refractivity contribution < 1.29 is 19.0 Å². The van der Waals surface area contributed by atoms with Gasteiger partial charge < -0.3 is 14.2 Å². The van der Waals surface area contributed by atoms with Crippen LogP contribution >= 0.6 is 15.9 Å². The number of fused-ring (bicyclic) bond motifs is 1. The lowest BCUT2D eigenvalue weighted by Gasteiger charge is -2.37. The molecule has 1 atom stereocenters. The number of nitrogens with zero attached hydrogens (tertiary/aromatic N) is 1. The number of anilines is 1. The molecular weight excluding hydrogens is 458 g/mol. The minimum Gasteiger partial charge on any atom is -0.497 e. The van der Waals surface area contributed by atoms with Crippen molar-refractivity contribution in [2.75, 3.05) is 19.1 Å². The number of rotatable bonds is 5. The highest BCUT2D eigenvalue weighted by Crippen LogP contribution is 2.46. The lowest BCUT2D eigenvalue weighted by atomic mass is 9.91. The number of hydrogen-bond donors (Lipinski definition) is 0. The van der Waals surface area contributed by atoms with Crippen molar-refractivity contribution in [3.05, 3.63) is 87.9 Å². The van der Waals surface area contributed by atoms with Gasteiger partial charge in [0, 0.05) is 4.47 Å². The van der Waals surface area contributed by atoms with Crippen molar-refractivity contribution in [3.63, 3.8) is 0 Å². The summed E-state index contributed by atoms with van der Waals surface area (Å²) in [7, 11) is 3.26. The fourth-order valence-electron chi connectivity index (χ4n) is 4.00. The maximum absolute atomic E-state index is 13.4. The van der Waals surface area contributed by atoms with E-state index in [0.29, 0.717) is 5.75 Å². The Morgan fingerprint density at radius 1 is 1.03 bits per heavy atom. The first-order valence-electron chi connectivity index (χ1n) is 10.1. The van der Waals surface area contributed by atoms with Crippen LogP contribution in [0.3, 0.4) is 0 Å². The van der Waals surface area contributed by atoms with Crippen LogP contribution in [0.2, 0.25) is 0 Å². The SMILES string of the molecule is COc1cccc(C2CCc3cc(Br)cc(OC)c3N2C(=O)OCc2ccccc2)c1. The zero-order chi connectivity index (χ0) is 21.8. The monoisotopic (exact) mass is 481 g/mol. The first kappa shape index (κ1) is 21.2. The third-order valence-electron chi connectivity index (χ3n) is 5.46. The third kappa shape index (κ3) is 4.54. The van der Waals surface area contributed by atoms with E-state index < -0.39 is 6.09 Å². The van der Waals surface area contributed by atoms with Gasteiger partial charge in [0.25, 0.3) is 0 Å². The molecule has 3 aromatic carbocycles. The zero-order valence-corrected chi connectivity index (χ0v) is 19.1. The van der Waals surface area contributed by atoms with Gasteiger partial charge in [-0.3, -0.25) is 4.90 Å². The van der Waals surface area contributed by atoms with Gasteiger partial charge in [0.05, 0.1) is 25.9 Å². The molecule has 5 nitrogen and oxygen atoms in total. The van der Waals surface area contributed by atoms with Crippen LogP contribution in [0.5, 0.6) is 11.5 Å². The Morgan fingerprint density at radius 3 is 2.58 bits per heavy atom. The van der Waals surface area contributed by atoms with Crippen molar-refractivity contribution in [1.29, 1.82) is 0 Å². The van der Waals surface area contributed by atoms with Gasteiger partial charge in [0.2, 0.25) is 0 Å². The minimum absolute atomic E-state index is 0.194. The first-order chi connectivity index (χ1) is 15.1. The van der Waals surface area contributed by atoms with Crippen LogP contribution < -0.4 is 14.4 Å². The van der Waals surface area contributed by atoms with Crippen molar-refractivity contribution in [2.24, 2.45) is 0 Å². The average molecular weight is 482 g/mol. The van der Waals surface area contributed by atoms with Crippen LogP contribution in [0.4, 0.5) is 10.5 Å². The Balaban J connectivity index is 1.74. The lowest BCUT2D eigenvalue weighted by molar-refractivity contribution is 0.143. The van der Waals surface area contributed by atoms with E-state index in [2.05, 4.69) is 15.9 Å². The Hall–Kier alpha value is -2.99. The van der Waals surface area contributed by atoms with E-state index in [9.17, 15) is 4.79 Å². The Morgan fingerprint density at radius 2 is 1.84 bits per heavy atom. The summed E-state index contributed by atoms with van der Waals surface area (Å²) in [6.07, 6.45) is 1.17. The number of carbonyl (C=O) groups excluding carboxylic acids is 1. The molecule has 0 fully saturated rings. The van der Waals surface area contributed by atoms with E-state index in [1.165, 1.54) is 0 Å². The molecule has 1 amide bonds. The molecule has 0 aromatic heterocycles. The smallest absolute Gasteiger partial charge is 0.415 e. The second kappa shape index (κ2) is 9.43. The largest absolute Gasteiger partial charge is 0.497 e. The Bertz CT molecular complexity index is 1050. The predicted octanol–water partition coefficient (Wildman–Crippen LogP) is 6.30. The quantitative estimate of drug-likeness (QED) is 0.429. The molecule has 0 aliphatic carbocycles. The molecule has 6 heteroatoms. The summed E-state index contributed by atoms with van der Waals surface area (Å²) in [5.74, 6) is 1.39. The Labute approximate surface area is 190 Å². The van der Waals surface area contributed by atoms with Gasteiger partial charge in [0.1, 0.15) is 18.1 Å². The second-order valence-corrected chi connectivity index (χ2v) is 8.27. The van der Waals surface area contributed by atoms with E-state index in [-0.39, 0.29) is 12.6 Å². The molecule has 4 rings (SSSR count). The number of halogens is 1. The van der Waals surface area contributed by atoms with E-state index in [1.807, 2.05) is 66.7 Å². The lowest BCUT2D eigenvalue weighted by Crippen LogP contribution is -2.39. The molecule has 0 radical (unpaired) electrons. The van der Waals surface area contributed by atoms with Gasteiger partial charge in [-0.15, -0.1) is 0 Å². The van der Waals surface area contributed by atoms with E-state index in [0.717, 1.165) is 45.4 Å². The zero-order valence-electron chi connectivity index (χ0n) is 17.5. The van der Waals surface area contributed by atoms with Crippen LogP contribution in [0.1, 0.15) is 29.2 Å². The van der Waals surface area contributed by atoms with E-state index in [1.54, 1.807) is 19.1 Å². The van der Waals surface area contributed by atoms with Gasteiger partial charge in [-0.05, 0) is 53.8 Å². The van der Waals surface area contributed by atoms with Crippen LogP contribution in [0, 0.1) is 0 Å². The number of amides is 1. The molecule has 0 spiro atoms. The van der Waals surface area contributed by atoms with Gasteiger partial charge >= 0.3 is 6.09 Å². The summed E-state index contributed by atoms with van der Waals surface area (Å²) in [6.45, 7) is 0.204. The molecular formula is C25H24BrNO4. The highest BCUT2D eigenvalue weighted by Gasteiger charge is 2.36. The number of ether oxygens (including phenoxy) is 3. The van der Waals surface area contributed by atoms with Gasteiger partial charge in [-0.2, -0.15) is 0 Å². The first-order valence-corrected chi connectivity index (χ1v) is 10.9. The second-order valence-electron chi connectivity index (χ2n) is 7.36. The number of hydrogen-bond acceptors (Lipinski definition) is 4. The maximum atomic E-state index is 13.4. The normalized spacial score (nSPS) is 15.2. The molecule has 1 aliphatic heterocycles. The Kier molecular flexibility index (Phi) is 6.47. The van der Waals surface area contributed by atoms with Crippen LogP contribution in [0.25, 0.3) is 0 Å². The number of methoxy groups -OCH3 is 2. The fourth-order valence-corrected chi connectivity index (χ4v) is 4.48. The van der Waals surface area contributed by atoms with Gasteiger partial charge in [0.15, 0.2) is 0 Å². The summed E-state index contributed by atoms with van der Waals surface area (Å²) in [5.41, 5.74) is 3.73. The molecule has 31 heavy (non-hydrogen) atoms. The highest BCUT2D eigenvalue weighted by atomic mass is 79.9. The summed E-state index contributed by atoms with van der Waals surface area (Å²) >= 11 is 3.55. The predicted molar refractivity (Wildman–Crippen MR) is 124 cm³/mol. The number of carbonyl (C=O) groups is 1. The van der Waals surface area contributed by atoms with Crippen molar-refractivity contribution in [3.8, 4) is 11.5 Å². The molecule has 0 saturated carbocycles. The maximum Gasteiger partial charge on any atom is 0.415 e.